The average molecular weight is 330 g/mol. The molecule has 1 fully saturated rings. The molecule has 1 saturated heterocycles. The predicted molar refractivity (Wildman–Crippen MR) is 74.4 cm³/mol. The topological polar surface area (TPSA) is 169 Å². The van der Waals surface area contributed by atoms with Crippen molar-refractivity contribution in [1.29, 1.82) is 0 Å². The third kappa shape index (κ3) is 3.65. The summed E-state index contributed by atoms with van der Waals surface area (Å²) in [4.78, 5) is 26.6. The molecule has 0 aliphatic carbocycles. The molecule has 11 heteroatoms. The van der Waals surface area contributed by atoms with Gasteiger partial charge in [-0.25, -0.2) is 4.79 Å². The summed E-state index contributed by atoms with van der Waals surface area (Å²) in [6, 6.07) is 0.437. The molecule has 128 valence electrons. The fourth-order valence-electron chi connectivity index (χ4n) is 2.06. The fraction of sp³-hybridized carbons (Fsp3) is 0.583. The van der Waals surface area contributed by atoms with E-state index in [0.29, 0.717) is 0 Å². The van der Waals surface area contributed by atoms with Gasteiger partial charge in [-0.3, -0.25) is 20.0 Å². The van der Waals surface area contributed by atoms with E-state index >= 15 is 0 Å². The number of anilines is 1. The smallest absolute Gasteiger partial charge is 0.351 e. The summed E-state index contributed by atoms with van der Waals surface area (Å²) in [6.45, 7) is 1.11. The van der Waals surface area contributed by atoms with E-state index in [1.807, 2.05) is 0 Å². The second-order valence-corrected chi connectivity index (χ2v) is 5.08. The van der Waals surface area contributed by atoms with Crippen LogP contribution in [0, 0.1) is 0 Å². The van der Waals surface area contributed by atoms with Crippen molar-refractivity contribution in [2.45, 2.75) is 37.5 Å². The molecule has 0 amide bonds. The molecular weight excluding hydrogens is 312 g/mol. The van der Waals surface area contributed by atoms with Crippen LogP contribution in [0.1, 0.15) is 13.2 Å². The van der Waals surface area contributed by atoms with Crippen LogP contribution in [-0.2, 0) is 14.3 Å². The molecule has 1 aromatic heterocycles. The molecule has 5 atom stereocenters. The first kappa shape index (κ1) is 17.3. The van der Waals surface area contributed by atoms with Crippen LogP contribution in [0.5, 0.6) is 0 Å². The van der Waals surface area contributed by atoms with Crippen molar-refractivity contribution in [1.82, 2.24) is 9.55 Å². The molecule has 0 saturated carbocycles. The van der Waals surface area contributed by atoms with E-state index in [9.17, 15) is 19.8 Å². The number of esters is 1. The number of hydrogen-bond acceptors (Lipinski definition) is 10. The highest BCUT2D eigenvalue weighted by molar-refractivity contribution is 5.74. The summed E-state index contributed by atoms with van der Waals surface area (Å²) in [5.41, 5.74) is 6.24. The van der Waals surface area contributed by atoms with Crippen LogP contribution in [0.25, 0.3) is 0 Å². The lowest BCUT2D eigenvalue weighted by molar-refractivity contribution is -0.151. The highest BCUT2D eigenvalue weighted by atomic mass is 16.6. The largest absolute Gasteiger partial charge is 0.462 e. The van der Waals surface area contributed by atoms with E-state index in [-0.39, 0.29) is 12.4 Å². The van der Waals surface area contributed by atoms with Crippen LogP contribution in [0.2, 0.25) is 0 Å². The minimum atomic E-state index is -1.43. The minimum Gasteiger partial charge on any atom is -0.462 e. The first-order valence-electron chi connectivity index (χ1n) is 6.78. The van der Waals surface area contributed by atoms with Crippen LogP contribution in [0.15, 0.2) is 17.1 Å². The molecule has 6 N–H and O–H groups in total. The van der Waals surface area contributed by atoms with Crippen molar-refractivity contribution < 1.29 is 29.7 Å². The molecule has 0 bridgehead atoms. The number of aliphatic hydroxyl groups is 2. The van der Waals surface area contributed by atoms with Crippen LogP contribution < -0.4 is 16.9 Å². The van der Waals surface area contributed by atoms with Crippen LogP contribution in [-0.4, -0.2) is 61.9 Å². The zero-order valence-corrected chi connectivity index (χ0v) is 12.2. The number of carbonyl (C=O) groups excluding carboxylic acids is 1. The molecule has 1 aliphatic rings. The van der Waals surface area contributed by atoms with Gasteiger partial charge < -0.3 is 25.4 Å². The molecule has 0 aromatic carbocycles. The van der Waals surface area contributed by atoms with E-state index in [2.05, 4.69) is 4.98 Å². The molecule has 0 spiro atoms. The maximum absolute atomic E-state index is 11.8. The Morgan fingerprint density at radius 1 is 1.57 bits per heavy atom. The van der Waals surface area contributed by atoms with Crippen molar-refractivity contribution in [3.63, 3.8) is 0 Å². The zero-order chi connectivity index (χ0) is 17.1. The minimum absolute atomic E-state index is 0.0818. The summed E-state index contributed by atoms with van der Waals surface area (Å²) in [6.07, 6.45) is -3.81. The first-order chi connectivity index (χ1) is 10.8. The highest BCUT2D eigenvalue weighted by Crippen LogP contribution is 2.28. The number of rotatable bonds is 5. The maximum atomic E-state index is 11.8. The van der Waals surface area contributed by atoms with E-state index in [1.165, 1.54) is 19.2 Å². The fourth-order valence-corrected chi connectivity index (χ4v) is 2.06. The summed E-state index contributed by atoms with van der Waals surface area (Å²) in [5, 5.41) is 28.6. The summed E-state index contributed by atoms with van der Waals surface area (Å²) in [7, 11) is 0. The Labute approximate surface area is 130 Å². The van der Waals surface area contributed by atoms with Crippen LogP contribution >= 0.6 is 0 Å². The molecule has 2 rings (SSSR count). The van der Waals surface area contributed by atoms with Gasteiger partial charge in [-0.2, -0.15) is 4.98 Å². The average Bonchev–Trinajstić information content (AvgIpc) is 2.80. The SMILES string of the molecule is C[C@@H](N)C(=O)OC[C@H]1O[C@@H](n2ccc(NO)nc2=O)[C@H](O)[C@@H]1O. The van der Waals surface area contributed by atoms with Gasteiger partial charge in [0.1, 0.15) is 31.0 Å². The van der Waals surface area contributed by atoms with Gasteiger partial charge in [0.05, 0.1) is 0 Å². The zero-order valence-electron chi connectivity index (χ0n) is 12.2. The number of hydrogen-bond donors (Lipinski definition) is 5. The van der Waals surface area contributed by atoms with Gasteiger partial charge in [0.25, 0.3) is 0 Å². The van der Waals surface area contributed by atoms with Crippen molar-refractivity contribution in [3.8, 4) is 0 Å². The van der Waals surface area contributed by atoms with Crippen molar-refractivity contribution >= 4 is 11.8 Å². The second-order valence-electron chi connectivity index (χ2n) is 5.08. The van der Waals surface area contributed by atoms with Gasteiger partial charge in [0.2, 0.25) is 0 Å². The van der Waals surface area contributed by atoms with Crippen LogP contribution in [0.3, 0.4) is 0 Å². The standard InChI is InChI=1S/C12H18N4O7/c1-5(13)11(19)22-4-6-8(17)9(18)10(23-6)16-3-2-7(15-21)14-12(16)20/h2-3,5-6,8-10,17-18,21H,4,13H2,1H3,(H,14,15,20)/t5-,6-,8-,9-,10-/m1/s1. The van der Waals surface area contributed by atoms with Crippen molar-refractivity contribution in [2.24, 2.45) is 5.73 Å². The van der Waals surface area contributed by atoms with Crippen molar-refractivity contribution in [3.05, 3.63) is 22.7 Å². The Kier molecular flexibility index (Phi) is 5.28. The Balaban J connectivity index is 2.10. The summed E-state index contributed by atoms with van der Waals surface area (Å²) in [5.74, 6) is -0.766. The van der Waals surface area contributed by atoms with Gasteiger partial charge in [0.15, 0.2) is 12.0 Å². The second kappa shape index (κ2) is 7.02. The monoisotopic (exact) mass is 330 g/mol. The highest BCUT2D eigenvalue weighted by Gasteiger charge is 2.44. The molecule has 1 aromatic rings. The van der Waals surface area contributed by atoms with E-state index in [4.69, 9.17) is 20.4 Å². The normalized spacial score (nSPS) is 28.4. The number of ether oxygens (including phenoxy) is 2. The quantitative estimate of drug-likeness (QED) is 0.288. The lowest BCUT2D eigenvalue weighted by Crippen LogP contribution is -2.37. The van der Waals surface area contributed by atoms with E-state index in [1.54, 1.807) is 5.48 Å². The van der Waals surface area contributed by atoms with Crippen molar-refractivity contribution in [2.75, 3.05) is 12.1 Å². The Hall–Kier alpha value is -2.05. The molecule has 2 heterocycles. The predicted octanol–water partition coefficient (Wildman–Crippen LogP) is -2.45. The number of nitrogens with two attached hydrogens (primary N) is 1. The number of aromatic nitrogens is 2. The lowest BCUT2D eigenvalue weighted by atomic mass is 10.1. The first-order valence-corrected chi connectivity index (χ1v) is 6.78. The molecular formula is C12H18N4O7. The van der Waals surface area contributed by atoms with Gasteiger partial charge >= 0.3 is 11.7 Å². The van der Waals surface area contributed by atoms with Gasteiger partial charge in [-0.15, -0.1) is 0 Å². The number of carbonyl (C=O) groups is 1. The number of nitrogens with zero attached hydrogens (tertiary/aromatic N) is 2. The molecule has 1 aliphatic heterocycles. The third-order valence-electron chi connectivity index (χ3n) is 3.32. The molecule has 0 radical (unpaired) electrons. The van der Waals surface area contributed by atoms with Gasteiger partial charge in [-0.05, 0) is 13.0 Å². The summed E-state index contributed by atoms with van der Waals surface area (Å²) >= 11 is 0. The van der Waals surface area contributed by atoms with E-state index < -0.39 is 42.2 Å². The van der Waals surface area contributed by atoms with E-state index in [0.717, 1.165) is 4.57 Å². The maximum Gasteiger partial charge on any atom is 0.351 e. The Morgan fingerprint density at radius 2 is 2.26 bits per heavy atom. The molecule has 0 unspecified atom stereocenters. The Bertz CT molecular complexity index is 620. The summed E-state index contributed by atoms with van der Waals surface area (Å²) < 4.78 is 11.2. The number of nitrogens with one attached hydrogen (secondary N) is 1. The molecule has 23 heavy (non-hydrogen) atoms. The number of aliphatic hydroxyl groups excluding tert-OH is 2. The third-order valence-corrected chi connectivity index (χ3v) is 3.32. The molecule has 11 nitrogen and oxygen atoms in total. The Morgan fingerprint density at radius 3 is 2.83 bits per heavy atom. The van der Waals surface area contributed by atoms with Crippen LogP contribution in [0.4, 0.5) is 5.82 Å². The lowest BCUT2D eigenvalue weighted by Gasteiger charge is -2.17. The van der Waals surface area contributed by atoms with Gasteiger partial charge in [-0.1, -0.05) is 0 Å². The van der Waals surface area contributed by atoms with Gasteiger partial charge in [0, 0.05) is 6.20 Å².